The molecule has 0 aliphatic heterocycles. The molecule has 0 aromatic heterocycles. The molecule has 0 saturated heterocycles. The van der Waals surface area contributed by atoms with Gasteiger partial charge in [0.2, 0.25) is 0 Å². The Kier molecular flexibility index (Phi) is 4.69. The first kappa shape index (κ1) is 15.9. The highest BCUT2D eigenvalue weighted by Gasteiger charge is 2.42. The Hall–Kier alpha value is -2.13. The SMILES string of the molecule is N/C(=N/O)c1cc(F)c(OCC(F)(F)C(F)F)c(F)c1. The monoisotopic (exact) mass is 302 g/mol. The highest BCUT2D eigenvalue weighted by Crippen LogP contribution is 2.28. The normalized spacial score (nSPS) is 12.8. The summed E-state index contributed by atoms with van der Waals surface area (Å²) in [7, 11) is 0. The van der Waals surface area contributed by atoms with Gasteiger partial charge in [0, 0.05) is 5.56 Å². The number of oxime groups is 1. The van der Waals surface area contributed by atoms with Crippen molar-refractivity contribution in [2.45, 2.75) is 12.3 Å². The lowest BCUT2D eigenvalue weighted by molar-refractivity contribution is -0.148. The number of halogens is 6. The summed E-state index contributed by atoms with van der Waals surface area (Å²) in [5, 5.41) is 10.8. The molecule has 0 fully saturated rings. The third-order valence-corrected chi connectivity index (χ3v) is 2.13. The van der Waals surface area contributed by atoms with E-state index < -0.39 is 42.2 Å². The van der Waals surface area contributed by atoms with Crippen LogP contribution in [0.3, 0.4) is 0 Å². The van der Waals surface area contributed by atoms with Gasteiger partial charge in [0.15, 0.2) is 29.8 Å². The number of rotatable bonds is 5. The average Bonchev–Trinajstić information content (AvgIpc) is 2.36. The molecule has 0 aliphatic carbocycles. The van der Waals surface area contributed by atoms with Gasteiger partial charge < -0.3 is 15.7 Å². The minimum absolute atomic E-state index is 0.379. The fraction of sp³-hybridized carbons (Fsp3) is 0.300. The standard InChI is InChI=1S/C10H8F6N2O2/c11-5-1-4(8(17)18-19)2-6(12)7(5)20-3-10(15,16)9(13)14/h1-2,9,19H,3H2,(H2,17,18). The molecule has 0 spiro atoms. The summed E-state index contributed by atoms with van der Waals surface area (Å²) >= 11 is 0. The van der Waals surface area contributed by atoms with Gasteiger partial charge >= 0.3 is 12.3 Å². The first-order valence-corrected chi connectivity index (χ1v) is 4.94. The van der Waals surface area contributed by atoms with Gasteiger partial charge in [0.1, 0.15) is 0 Å². The van der Waals surface area contributed by atoms with Crippen molar-refractivity contribution in [3.63, 3.8) is 0 Å². The van der Waals surface area contributed by atoms with E-state index in [0.717, 1.165) is 0 Å². The van der Waals surface area contributed by atoms with E-state index in [-0.39, 0.29) is 5.56 Å². The summed E-state index contributed by atoms with van der Waals surface area (Å²) in [4.78, 5) is 0. The van der Waals surface area contributed by atoms with E-state index in [2.05, 4.69) is 9.89 Å². The molecule has 4 nitrogen and oxygen atoms in total. The van der Waals surface area contributed by atoms with Gasteiger partial charge in [-0.05, 0) is 12.1 Å². The molecule has 1 rings (SSSR count). The van der Waals surface area contributed by atoms with E-state index in [1.54, 1.807) is 0 Å². The van der Waals surface area contributed by atoms with Crippen molar-refractivity contribution in [1.82, 2.24) is 0 Å². The Bertz CT molecular complexity index is 497. The maximum absolute atomic E-state index is 13.4. The smallest absolute Gasteiger partial charge is 0.340 e. The maximum atomic E-state index is 13.4. The largest absolute Gasteiger partial charge is 0.481 e. The number of alkyl halides is 4. The van der Waals surface area contributed by atoms with E-state index in [0.29, 0.717) is 12.1 Å². The molecule has 0 radical (unpaired) electrons. The van der Waals surface area contributed by atoms with E-state index >= 15 is 0 Å². The molecule has 0 saturated carbocycles. The lowest BCUT2D eigenvalue weighted by atomic mass is 10.2. The third kappa shape index (κ3) is 3.45. The zero-order chi connectivity index (χ0) is 15.5. The van der Waals surface area contributed by atoms with Gasteiger partial charge in [0.05, 0.1) is 0 Å². The molecule has 0 heterocycles. The van der Waals surface area contributed by atoms with Gasteiger partial charge in [-0.1, -0.05) is 5.16 Å². The Morgan fingerprint density at radius 3 is 2.20 bits per heavy atom. The Labute approximate surface area is 108 Å². The van der Waals surface area contributed by atoms with Crippen LogP contribution in [0, 0.1) is 11.6 Å². The number of nitrogens with two attached hydrogens (primary N) is 1. The van der Waals surface area contributed by atoms with Crippen LogP contribution in [0.2, 0.25) is 0 Å². The number of nitrogens with zero attached hydrogens (tertiary/aromatic N) is 1. The summed E-state index contributed by atoms with van der Waals surface area (Å²) < 4.78 is 79.7. The second-order valence-electron chi connectivity index (χ2n) is 3.60. The van der Waals surface area contributed by atoms with Crippen molar-refractivity contribution in [1.29, 1.82) is 0 Å². The summed E-state index contributed by atoms with van der Waals surface area (Å²) in [6, 6.07) is 1.07. The fourth-order valence-corrected chi connectivity index (χ4v) is 1.13. The Morgan fingerprint density at radius 1 is 1.30 bits per heavy atom. The number of benzene rings is 1. The maximum Gasteiger partial charge on any atom is 0.340 e. The molecule has 1 aromatic rings. The predicted molar refractivity (Wildman–Crippen MR) is 55.3 cm³/mol. The number of amidine groups is 1. The van der Waals surface area contributed by atoms with Gasteiger partial charge in [-0.25, -0.2) is 17.6 Å². The molecule has 1 aromatic carbocycles. The Morgan fingerprint density at radius 2 is 1.80 bits per heavy atom. The number of hydrogen-bond donors (Lipinski definition) is 2. The van der Waals surface area contributed by atoms with Crippen LogP contribution in [0.5, 0.6) is 5.75 Å². The third-order valence-electron chi connectivity index (χ3n) is 2.13. The molecule has 0 bridgehead atoms. The van der Waals surface area contributed by atoms with Crippen LogP contribution in [0.15, 0.2) is 17.3 Å². The topological polar surface area (TPSA) is 67.8 Å². The average molecular weight is 302 g/mol. The minimum Gasteiger partial charge on any atom is -0.481 e. The summed E-state index contributed by atoms with van der Waals surface area (Å²) in [5.41, 5.74) is 4.69. The fourth-order valence-electron chi connectivity index (χ4n) is 1.13. The number of hydrogen-bond acceptors (Lipinski definition) is 3. The van der Waals surface area contributed by atoms with Gasteiger partial charge in [-0.15, -0.1) is 0 Å². The van der Waals surface area contributed by atoms with Crippen LogP contribution in [0.4, 0.5) is 26.3 Å². The van der Waals surface area contributed by atoms with Crippen molar-refractivity contribution in [3.8, 4) is 5.75 Å². The van der Waals surface area contributed by atoms with Crippen molar-refractivity contribution in [2.24, 2.45) is 10.9 Å². The van der Waals surface area contributed by atoms with Crippen molar-refractivity contribution in [2.75, 3.05) is 6.61 Å². The molecule has 10 heteroatoms. The molecule has 20 heavy (non-hydrogen) atoms. The van der Waals surface area contributed by atoms with Crippen LogP contribution in [-0.4, -0.2) is 30.0 Å². The van der Waals surface area contributed by atoms with Crippen LogP contribution in [-0.2, 0) is 0 Å². The zero-order valence-corrected chi connectivity index (χ0v) is 9.59. The first-order chi connectivity index (χ1) is 9.19. The van der Waals surface area contributed by atoms with E-state index in [1.165, 1.54) is 0 Å². The highest BCUT2D eigenvalue weighted by molar-refractivity contribution is 5.97. The molecule has 0 amide bonds. The van der Waals surface area contributed by atoms with Crippen LogP contribution in [0.25, 0.3) is 0 Å². The van der Waals surface area contributed by atoms with Crippen molar-refractivity contribution < 1.29 is 36.3 Å². The van der Waals surface area contributed by atoms with Crippen LogP contribution >= 0.6 is 0 Å². The minimum atomic E-state index is -4.55. The van der Waals surface area contributed by atoms with Gasteiger partial charge in [0.25, 0.3) is 0 Å². The number of ether oxygens (including phenoxy) is 1. The first-order valence-electron chi connectivity index (χ1n) is 4.94. The second-order valence-corrected chi connectivity index (χ2v) is 3.60. The summed E-state index contributed by atoms with van der Waals surface area (Å²) in [6.45, 7) is -1.90. The molecular weight excluding hydrogens is 294 g/mol. The summed E-state index contributed by atoms with van der Waals surface area (Å²) in [6.07, 6.45) is -4.04. The van der Waals surface area contributed by atoms with Gasteiger partial charge in [-0.2, -0.15) is 8.78 Å². The molecule has 0 unspecified atom stereocenters. The quantitative estimate of drug-likeness (QED) is 0.288. The summed E-state index contributed by atoms with van der Waals surface area (Å²) in [5.74, 6) is -9.37. The van der Waals surface area contributed by atoms with Crippen molar-refractivity contribution >= 4 is 5.84 Å². The van der Waals surface area contributed by atoms with Gasteiger partial charge in [-0.3, -0.25) is 0 Å². The van der Waals surface area contributed by atoms with Crippen LogP contribution in [0.1, 0.15) is 5.56 Å². The lowest BCUT2D eigenvalue weighted by Gasteiger charge is -2.16. The van der Waals surface area contributed by atoms with E-state index in [4.69, 9.17) is 10.9 Å². The molecule has 112 valence electrons. The predicted octanol–water partition coefficient (Wildman–Crippen LogP) is 2.34. The highest BCUT2D eigenvalue weighted by atomic mass is 19.3. The molecule has 0 aliphatic rings. The van der Waals surface area contributed by atoms with E-state index in [1.807, 2.05) is 0 Å². The van der Waals surface area contributed by atoms with Crippen LogP contribution < -0.4 is 10.5 Å². The molecule has 3 N–H and O–H groups in total. The Balaban J connectivity index is 2.98. The molecule has 0 atom stereocenters. The zero-order valence-electron chi connectivity index (χ0n) is 9.59. The molecular formula is C10H8F6N2O2. The van der Waals surface area contributed by atoms with Crippen molar-refractivity contribution in [3.05, 3.63) is 29.3 Å². The second kappa shape index (κ2) is 5.88. The van der Waals surface area contributed by atoms with E-state index in [9.17, 15) is 26.3 Å². The lowest BCUT2D eigenvalue weighted by Crippen LogP contribution is -2.34.